The average Bonchev–Trinajstić information content (AvgIpc) is 3.41. The molecule has 1 aliphatic rings. The van der Waals surface area contributed by atoms with Gasteiger partial charge in [-0.3, -0.25) is 9.78 Å². The van der Waals surface area contributed by atoms with Crippen molar-refractivity contribution in [2.24, 2.45) is 0 Å². The standard InChI is InChI=1S/C23H23N5O3/c1-14-18(15(2)31-27-14)13-20(29)28-12-6-5-9-19(28)22-25-26-23(30-22)21-17-8-4-3-7-16(17)10-11-24-21/h3-4,7-8,10-11,19H,5-6,9,12-13H2,1-2H3/t19-/m0/s1. The molecular weight excluding hydrogens is 394 g/mol. The van der Waals surface area contributed by atoms with E-state index in [0.717, 1.165) is 41.3 Å². The minimum atomic E-state index is -0.238. The Bertz CT molecular complexity index is 1220. The van der Waals surface area contributed by atoms with Gasteiger partial charge in [-0.15, -0.1) is 10.2 Å². The van der Waals surface area contributed by atoms with Gasteiger partial charge in [0.2, 0.25) is 11.8 Å². The number of carbonyl (C=O) groups excluding carboxylic acids is 1. The number of piperidine rings is 1. The molecule has 0 saturated carbocycles. The second-order valence-corrected chi connectivity index (χ2v) is 7.90. The predicted molar refractivity (Wildman–Crippen MR) is 113 cm³/mol. The summed E-state index contributed by atoms with van der Waals surface area (Å²) in [6.07, 6.45) is 4.74. The lowest BCUT2D eigenvalue weighted by molar-refractivity contribution is -0.134. The lowest BCUT2D eigenvalue weighted by Crippen LogP contribution is -2.39. The maximum Gasteiger partial charge on any atom is 0.267 e. The molecule has 0 unspecified atom stereocenters. The number of fused-ring (bicyclic) bond motifs is 1. The molecule has 4 aromatic rings. The Hall–Kier alpha value is -3.55. The van der Waals surface area contributed by atoms with E-state index < -0.39 is 0 Å². The fourth-order valence-electron chi connectivity index (χ4n) is 4.25. The zero-order valence-corrected chi connectivity index (χ0v) is 17.5. The molecule has 0 spiro atoms. The number of aryl methyl sites for hydroxylation is 2. The minimum Gasteiger partial charge on any atom is -0.417 e. The SMILES string of the molecule is Cc1noc(C)c1CC(=O)N1CCCC[C@H]1c1nnc(-c2nccc3ccccc23)o1. The van der Waals surface area contributed by atoms with E-state index in [1.165, 1.54) is 0 Å². The van der Waals surface area contributed by atoms with Gasteiger partial charge in [0.1, 0.15) is 17.5 Å². The predicted octanol–water partition coefficient (Wildman–Crippen LogP) is 4.19. The second-order valence-electron chi connectivity index (χ2n) is 7.90. The van der Waals surface area contributed by atoms with E-state index >= 15 is 0 Å². The van der Waals surface area contributed by atoms with E-state index in [4.69, 9.17) is 8.94 Å². The van der Waals surface area contributed by atoms with Crippen LogP contribution in [0.4, 0.5) is 0 Å². The molecule has 0 radical (unpaired) electrons. The molecule has 5 rings (SSSR count). The molecule has 1 fully saturated rings. The summed E-state index contributed by atoms with van der Waals surface area (Å²) in [5, 5.41) is 14.5. The van der Waals surface area contributed by atoms with Crippen molar-refractivity contribution in [3.05, 3.63) is 59.4 Å². The highest BCUT2D eigenvalue weighted by Gasteiger charge is 2.33. The van der Waals surface area contributed by atoms with Gasteiger partial charge in [-0.1, -0.05) is 29.4 Å². The van der Waals surface area contributed by atoms with Crippen molar-refractivity contribution in [3.8, 4) is 11.6 Å². The lowest BCUT2D eigenvalue weighted by atomic mass is 10.0. The summed E-state index contributed by atoms with van der Waals surface area (Å²) in [6.45, 7) is 4.35. The van der Waals surface area contributed by atoms with Crippen LogP contribution in [0.2, 0.25) is 0 Å². The number of aromatic nitrogens is 4. The molecule has 1 aromatic carbocycles. The van der Waals surface area contributed by atoms with E-state index in [1.807, 2.05) is 49.1 Å². The zero-order chi connectivity index (χ0) is 21.4. The van der Waals surface area contributed by atoms with Gasteiger partial charge in [0.05, 0.1) is 12.1 Å². The van der Waals surface area contributed by atoms with Crippen molar-refractivity contribution in [1.29, 1.82) is 0 Å². The first-order chi connectivity index (χ1) is 15.1. The fourth-order valence-corrected chi connectivity index (χ4v) is 4.25. The summed E-state index contributed by atoms with van der Waals surface area (Å²) in [4.78, 5) is 19.5. The van der Waals surface area contributed by atoms with Crippen LogP contribution in [-0.2, 0) is 11.2 Å². The molecule has 1 amide bonds. The first-order valence-electron chi connectivity index (χ1n) is 10.5. The van der Waals surface area contributed by atoms with Gasteiger partial charge in [-0.05, 0) is 44.6 Å². The summed E-state index contributed by atoms with van der Waals surface area (Å²) in [5.74, 6) is 1.52. The Morgan fingerprint density at radius 2 is 2.03 bits per heavy atom. The molecule has 158 valence electrons. The zero-order valence-electron chi connectivity index (χ0n) is 17.5. The number of pyridine rings is 1. The highest BCUT2D eigenvalue weighted by atomic mass is 16.5. The summed E-state index contributed by atoms with van der Waals surface area (Å²) < 4.78 is 11.3. The number of carbonyl (C=O) groups is 1. The van der Waals surface area contributed by atoms with E-state index in [-0.39, 0.29) is 18.4 Å². The number of hydrogen-bond donors (Lipinski definition) is 0. The molecule has 1 atom stereocenters. The summed E-state index contributed by atoms with van der Waals surface area (Å²) in [5.41, 5.74) is 2.25. The van der Waals surface area contributed by atoms with Crippen LogP contribution < -0.4 is 0 Å². The molecule has 1 saturated heterocycles. The Morgan fingerprint density at radius 3 is 2.87 bits per heavy atom. The lowest BCUT2D eigenvalue weighted by Gasteiger charge is -2.33. The number of hydrogen-bond acceptors (Lipinski definition) is 7. The Labute approximate surface area is 179 Å². The third kappa shape index (κ3) is 3.58. The molecule has 1 aliphatic heterocycles. The van der Waals surface area contributed by atoms with Gasteiger partial charge >= 0.3 is 0 Å². The summed E-state index contributed by atoms with van der Waals surface area (Å²) >= 11 is 0. The highest BCUT2D eigenvalue weighted by molar-refractivity contribution is 5.92. The van der Waals surface area contributed by atoms with Crippen molar-refractivity contribution in [2.45, 2.75) is 45.6 Å². The molecule has 0 N–H and O–H groups in total. The maximum absolute atomic E-state index is 13.2. The number of likely N-dealkylation sites (tertiary alicyclic amines) is 1. The number of benzene rings is 1. The van der Waals surface area contributed by atoms with Crippen LogP contribution in [0.15, 0.2) is 45.5 Å². The molecule has 3 aromatic heterocycles. The first kappa shape index (κ1) is 19.4. The first-order valence-corrected chi connectivity index (χ1v) is 10.5. The van der Waals surface area contributed by atoms with Crippen LogP contribution in [0.5, 0.6) is 0 Å². The smallest absolute Gasteiger partial charge is 0.267 e. The molecule has 8 nitrogen and oxygen atoms in total. The van der Waals surface area contributed by atoms with Gasteiger partial charge in [-0.2, -0.15) is 0 Å². The largest absolute Gasteiger partial charge is 0.417 e. The van der Waals surface area contributed by atoms with E-state index in [1.54, 1.807) is 6.20 Å². The molecule has 0 bridgehead atoms. The summed E-state index contributed by atoms with van der Waals surface area (Å²) in [6, 6.07) is 9.66. The van der Waals surface area contributed by atoms with Crippen LogP contribution in [0.1, 0.15) is 48.2 Å². The minimum absolute atomic E-state index is 0.0159. The average molecular weight is 417 g/mol. The van der Waals surface area contributed by atoms with Crippen molar-refractivity contribution in [3.63, 3.8) is 0 Å². The Morgan fingerprint density at radius 1 is 1.16 bits per heavy atom. The second kappa shape index (κ2) is 7.94. The van der Waals surface area contributed by atoms with Crippen molar-refractivity contribution < 1.29 is 13.7 Å². The van der Waals surface area contributed by atoms with Crippen molar-refractivity contribution in [2.75, 3.05) is 6.54 Å². The monoisotopic (exact) mass is 417 g/mol. The van der Waals surface area contributed by atoms with Gasteiger partial charge in [0.15, 0.2) is 0 Å². The third-order valence-electron chi connectivity index (χ3n) is 5.93. The molecular formula is C23H23N5O3. The van der Waals surface area contributed by atoms with Gasteiger partial charge in [-0.25, -0.2) is 0 Å². The quantitative estimate of drug-likeness (QED) is 0.491. The molecule has 31 heavy (non-hydrogen) atoms. The Balaban J connectivity index is 1.43. The normalized spacial score (nSPS) is 16.7. The Kier molecular flexibility index (Phi) is 4.97. The number of rotatable bonds is 4. The van der Waals surface area contributed by atoms with Gasteiger partial charge < -0.3 is 13.8 Å². The van der Waals surface area contributed by atoms with Crippen LogP contribution in [0, 0.1) is 13.8 Å². The number of amides is 1. The van der Waals surface area contributed by atoms with E-state index in [0.29, 0.717) is 29.8 Å². The van der Waals surface area contributed by atoms with Crippen LogP contribution in [-0.4, -0.2) is 37.7 Å². The topological polar surface area (TPSA) is 98.2 Å². The molecule has 4 heterocycles. The molecule has 8 heteroatoms. The number of nitrogens with zero attached hydrogens (tertiary/aromatic N) is 5. The van der Waals surface area contributed by atoms with E-state index in [2.05, 4.69) is 20.3 Å². The van der Waals surface area contributed by atoms with Gasteiger partial charge in [0.25, 0.3) is 5.89 Å². The van der Waals surface area contributed by atoms with Gasteiger partial charge in [0, 0.05) is 23.7 Å². The summed E-state index contributed by atoms with van der Waals surface area (Å²) in [7, 11) is 0. The maximum atomic E-state index is 13.2. The highest BCUT2D eigenvalue weighted by Crippen LogP contribution is 2.33. The molecule has 0 aliphatic carbocycles. The van der Waals surface area contributed by atoms with Crippen LogP contribution >= 0.6 is 0 Å². The van der Waals surface area contributed by atoms with Crippen molar-refractivity contribution >= 4 is 16.7 Å². The van der Waals surface area contributed by atoms with E-state index in [9.17, 15) is 4.79 Å². The fraction of sp³-hybridized carbons (Fsp3) is 0.348. The van der Waals surface area contributed by atoms with Crippen LogP contribution in [0.3, 0.4) is 0 Å². The third-order valence-corrected chi connectivity index (χ3v) is 5.93. The van der Waals surface area contributed by atoms with Crippen molar-refractivity contribution in [1.82, 2.24) is 25.2 Å². The van der Waals surface area contributed by atoms with Crippen LogP contribution in [0.25, 0.3) is 22.4 Å².